The second-order valence-electron chi connectivity index (χ2n) is 8.10. The predicted octanol–water partition coefficient (Wildman–Crippen LogP) is 4.44. The molecule has 1 N–H and O–H groups in total. The quantitative estimate of drug-likeness (QED) is 0.520. The van der Waals surface area contributed by atoms with E-state index in [4.69, 9.17) is 9.68 Å². The lowest BCUT2D eigenvalue weighted by Gasteiger charge is -2.29. The molecule has 0 saturated heterocycles. The van der Waals surface area contributed by atoms with Crippen LogP contribution in [0.2, 0.25) is 0 Å². The molecule has 6 nitrogen and oxygen atoms in total. The molecule has 3 aromatic carbocycles. The molecule has 0 aliphatic carbocycles. The Morgan fingerprint density at radius 1 is 1.09 bits per heavy atom. The molecule has 7 heteroatoms. The maximum absolute atomic E-state index is 13.9. The SMILES string of the molecule is Cn1c(=O)oc2ccc(CN3CCc4cc(Nc5ccc(C#N)c(F)c5)ccc4C3)cc21. The number of benzene rings is 3. The summed E-state index contributed by atoms with van der Waals surface area (Å²) in [5.74, 6) is -0.878. The highest BCUT2D eigenvalue weighted by Gasteiger charge is 2.18. The van der Waals surface area contributed by atoms with E-state index in [-0.39, 0.29) is 11.3 Å². The second kappa shape index (κ2) is 7.98. The molecule has 160 valence electrons. The van der Waals surface area contributed by atoms with E-state index >= 15 is 0 Å². The molecule has 2 heterocycles. The first-order valence-electron chi connectivity index (χ1n) is 10.4. The van der Waals surface area contributed by atoms with Crippen LogP contribution in [0, 0.1) is 17.1 Å². The highest BCUT2D eigenvalue weighted by Crippen LogP contribution is 2.27. The third-order valence-corrected chi connectivity index (χ3v) is 5.94. The molecule has 0 saturated carbocycles. The first-order valence-corrected chi connectivity index (χ1v) is 10.4. The van der Waals surface area contributed by atoms with E-state index < -0.39 is 5.82 Å². The summed E-state index contributed by atoms with van der Waals surface area (Å²) in [5.41, 5.74) is 6.63. The molecule has 0 unspecified atom stereocenters. The Bertz CT molecular complexity index is 1430. The van der Waals surface area contributed by atoms with Gasteiger partial charge >= 0.3 is 5.76 Å². The molecular formula is C25H21FN4O2. The van der Waals surface area contributed by atoms with Gasteiger partial charge in [-0.1, -0.05) is 12.1 Å². The minimum atomic E-state index is -0.528. The average Bonchev–Trinajstić information content (AvgIpc) is 3.07. The van der Waals surface area contributed by atoms with Crippen LogP contribution in [0.5, 0.6) is 0 Å². The van der Waals surface area contributed by atoms with Gasteiger partial charge in [-0.05, 0) is 65.6 Å². The van der Waals surface area contributed by atoms with Crippen molar-refractivity contribution in [2.75, 3.05) is 11.9 Å². The summed E-state index contributed by atoms with van der Waals surface area (Å²) in [7, 11) is 1.72. The first kappa shape index (κ1) is 20.0. The Morgan fingerprint density at radius 3 is 2.72 bits per heavy atom. The molecule has 0 spiro atoms. The standard InChI is InChI=1S/C25H21FN4O2/c1-29-23-10-16(2-7-24(23)32-25(29)31)14-30-9-8-17-11-20(6-4-19(17)15-30)28-21-5-3-18(13-27)22(26)12-21/h2-7,10-12,28H,8-9,14-15H2,1H3. The zero-order valence-electron chi connectivity index (χ0n) is 17.6. The number of halogens is 1. The van der Waals surface area contributed by atoms with E-state index in [9.17, 15) is 9.18 Å². The van der Waals surface area contributed by atoms with Crippen molar-refractivity contribution in [1.29, 1.82) is 5.26 Å². The van der Waals surface area contributed by atoms with Gasteiger partial charge in [-0.25, -0.2) is 9.18 Å². The van der Waals surface area contributed by atoms with E-state index in [0.717, 1.165) is 42.8 Å². The zero-order chi connectivity index (χ0) is 22.2. The van der Waals surface area contributed by atoms with Gasteiger partial charge in [0.2, 0.25) is 0 Å². The van der Waals surface area contributed by atoms with E-state index in [1.807, 2.05) is 30.3 Å². The zero-order valence-corrected chi connectivity index (χ0v) is 17.6. The van der Waals surface area contributed by atoms with Gasteiger partial charge < -0.3 is 9.73 Å². The van der Waals surface area contributed by atoms with Gasteiger partial charge in [0.05, 0.1) is 11.1 Å². The molecule has 0 atom stereocenters. The fraction of sp³-hybridized carbons (Fsp3) is 0.200. The molecular weight excluding hydrogens is 407 g/mol. The lowest BCUT2D eigenvalue weighted by atomic mass is 9.98. The number of aromatic nitrogens is 1. The number of hydrogen-bond acceptors (Lipinski definition) is 5. The maximum Gasteiger partial charge on any atom is 0.419 e. The Labute approximate surface area is 184 Å². The molecule has 32 heavy (non-hydrogen) atoms. The summed E-state index contributed by atoms with van der Waals surface area (Å²) in [6.07, 6.45) is 0.916. The van der Waals surface area contributed by atoms with Crippen molar-refractivity contribution in [3.8, 4) is 6.07 Å². The van der Waals surface area contributed by atoms with Gasteiger partial charge in [-0.2, -0.15) is 5.26 Å². The Balaban J connectivity index is 1.29. The lowest BCUT2D eigenvalue weighted by Crippen LogP contribution is -2.30. The van der Waals surface area contributed by atoms with Crippen LogP contribution in [-0.4, -0.2) is 16.0 Å². The second-order valence-corrected chi connectivity index (χ2v) is 8.10. The topological polar surface area (TPSA) is 74.2 Å². The Hall–Kier alpha value is -3.89. The summed E-state index contributed by atoms with van der Waals surface area (Å²) in [6.45, 7) is 2.55. The molecule has 1 aliphatic heterocycles. The van der Waals surface area contributed by atoms with Crippen molar-refractivity contribution in [3.05, 3.63) is 93.2 Å². The number of rotatable bonds is 4. The van der Waals surface area contributed by atoms with Gasteiger partial charge in [0.1, 0.15) is 11.9 Å². The van der Waals surface area contributed by atoms with Gasteiger partial charge in [0.15, 0.2) is 5.58 Å². The van der Waals surface area contributed by atoms with Crippen molar-refractivity contribution in [2.24, 2.45) is 7.05 Å². The molecule has 0 radical (unpaired) electrons. The summed E-state index contributed by atoms with van der Waals surface area (Å²) in [5, 5.41) is 12.1. The van der Waals surface area contributed by atoms with Gasteiger partial charge in [0.25, 0.3) is 0 Å². The third kappa shape index (κ3) is 3.77. The number of oxazole rings is 1. The van der Waals surface area contributed by atoms with Gasteiger partial charge in [-0.3, -0.25) is 9.47 Å². The molecule has 0 fully saturated rings. The van der Waals surface area contributed by atoms with Crippen LogP contribution >= 0.6 is 0 Å². The fourth-order valence-corrected chi connectivity index (χ4v) is 4.20. The molecule has 1 aromatic heterocycles. The highest BCUT2D eigenvalue weighted by molar-refractivity contribution is 5.73. The van der Waals surface area contributed by atoms with Crippen molar-refractivity contribution in [2.45, 2.75) is 19.5 Å². The summed E-state index contributed by atoms with van der Waals surface area (Å²) >= 11 is 0. The maximum atomic E-state index is 13.9. The minimum absolute atomic E-state index is 0.0372. The lowest BCUT2D eigenvalue weighted by molar-refractivity contribution is 0.245. The van der Waals surface area contributed by atoms with E-state index in [2.05, 4.69) is 22.3 Å². The van der Waals surface area contributed by atoms with Crippen molar-refractivity contribution in [3.63, 3.8) is 0 Å². The molecule has 1 aliphatic rings. The van der Waals surface area contributed by atoms with Crippen LogP contribution in [0.3, 0.4) is 0 Å². The monoisotopic (exact) mass is 428 g/mol. The van der Waals surface area contributed by atoms with Gasteiger partial charge in [-0.15, -0.1) is 0 Å². The van der Waals surface area contributed by atoms with Gasteiger partial charge in [0, 0.05) is 38.1 Å². The Kier molecular flexibility index (Phi) is 5.00. The number of anilines is 2. The number of nitrogens with zero attached hydrogens (tertiary/aromatic N) is 3. The minimum Gasteiger partial charge on any atom is -0.408 e. The first-order chi connectivity index (χ1) is 15.5. The van der Waals surface area contributed by atoms with Crippen molar-refractivity contribution >= 4 is 22.5 Å². The summed E-state index contributed by atoms with van der Waals surface area (Å²) in [4.78, 5) is 14.1. The van der Waals surface area contributed by atoms with Crippen LogP contribution in [0.4, 0.5) is 15.8 Å². The van der Waals surface area contributed by atoms with Crippen molar-refractivity contribution in [1.82, 2.24) is 9.47 Å². The third-order valence-electron chi connectivity index (χ3n) is 5.94. The van der Waals surface area contributed by atoms with Crippen LogP contribution < -0.4 is 11.1 Å². The molecule has 0 amide bonds. The predicted molar refractivity (Wildman–Crippen MR) is 120 cm³/mol. The largest absolute Gasteiger partial charge is 0.419 e. The number of hydrogen-bond donors (Lipinski definition) is 1. The smallest absolute Gasteiger partial charge is 0.408 e. The van der Waals surface area contributed by atoms with Crippen molar-refractivity contribution < 1.29 is 8.81 Å². The molecule has 5 rings (SSSR count). The number of nitriles is 1. The Morgan fingerprint density at radius 2 is 1.91 bits per heavy atom. The van der Waals surface area contributed by atoms with E-state index in [0.29, 0.717) is 11.3 Å². The van der Waals surface area contributed by atoms with Crippen LogP contribution in [0.15, 0.2) is 63.8 Å². The number of nitrogens with one attached hydrogen (secondary N) is 1. The van der Waals surface area contributed by atoms with Crippen LogP contribution in [0.1, 0.15) is 22.3 Å². The summed E-state index contributed by atoms with van der Waals surface area (Å²) in [6, 6.07) is 18.4. The number of aryl methyl sites for hydroxylation is 1. The highest BCUT2D eigenvalue weighted by atomic mass is 19.1. The molecule has 4 aromatic rings. The van der Waals surface area contributed by atoms with E-state index in [1.54, 1.807) is 13.1 Å². The summed E-state index contributed by atoms with van der Waals surface area (Å²) < 4.78 is 20.6. The average molecular weight is 428 g/mol. The van der Waals surface area contributed by atoms with Crippen LogP contribution in [0.25, 0.3) is 11.1 Å². The molecule has 0 bridgehead atoms. The van der Waals surface area contributed by atoms with Crippen LogP contribution in [-0.2, 0) is 26.6 Å². The fourth-order valence-electron chi connectivity index (χ4n) is 4.20. The number of fused-ring (bicyclic) bond motifs is 2. The normalized spacial score (nSPS) is 13.7. The van der Waals surface area contributed by atoms with E-state index in [1.165, 1.54) is 27.8 Å².